The number of nitrogens with one attached hydrogen (secondary N) is 1. The molecule has 0 bridgehead atoms. The summed E-state index contributed by atoms with van der Waals surface area (Å²) in [7, 11) is 0. The molecular formula is C7H7ClN2O. The molecule has 2 N–H and O–H groups in total. The Kier molecular flexibility index (Phi) is 2.89. The van der Waals surface area contributed by atoms with Crippen molar-refractivity contribution in [2.75, 3.05) is 0 Å². The minimum Gasteiger partial charge on any atom is -0.290 e. The van der Waals surface area contributed by atoms with Crippen molar-refractivity contribution in [2.24, 2.45) is 4.99 Å². The Balaban J connectivity index is 2.79. The molecule has 11 heavy (non-hydrogen) atoms. The van der Waals surface area contributed by atoms with Crippen molar-refractivity contribution in [3.8, 4) is 0 Å². The van der Waals surface area contributed by atoms with E-state index in [2.05, 4.69) is 4.99 Å². The summed E-state index contributed by atoms with van der Waals surface area (Å²) in [5, 5.41) is 8.79. The molecule has 0 saturated carbocycles. The van der Waals surface area contributed by atoms with Gasteiger partial charge < -0.3 is 0 Å². The molecule has 0 aliphatic carbocycles. The first-order valence-electron chi connectivity index (χ1n) is 3.00. The number of aliphatic imine (C=N–C) groups is 1. The SMILES string of the molecule is ONC=Nc1cccc(Cl)c1. The van der Waals surface area contributed by atoms with E-state index in [1.807, 2.05) is 0 Å². The second kappa shape index (κ2) is 3.95. The maximum Gasteiger partial charge on any atom is 0.113 e. The van der Waals surface area contributed by atoms with Crippen LogP contribution in [0.3, 0.4) is 0 Å². The lowest BCUT2D eigenvalue weighted by atomic mass is 10.3. The molecular weight excluding hydrogens is 164 g/mol. The van der Waals surface area contributed by atoms with Crippen LogP contribution in [-0.2, 0) is 0 Å². The van der Waals surface area contributed by atoms with Gasteiger partial charge in [-0.25, -0.2) is 4.99 Å². The Morgan fingerprint density at radius 2 is 2.36 bits per heavy atom. The van der Waals surface area contributed by atoms with Gasteiger partial charge in [0.15, 0.2) is 0 Å². The van der Waals surface area contributed by atoms with Crippen LogP contribution in [0.4, 0.5) is 5.69 Å². The van der Waals surface area contributed by atoms with Crippen LogP contribution in [0.25, 0.3) is 0 Å². The van der Waals surface area contributed by atoms with E-state index in [9.17, 15) is 0 Å². The smallest absolute Gasteiger partial charge is 0.113 e. The monoisotopic (exact) mass is 170 g/mol. The second-order valence-corrected chi connectivity index (χ2v) is 2.30. The molecule has 0 aliphatic heterocycles. The first kappa shape index (κ1) is 8.04. The molecule has 1 aromatic rings. The van der Waals surface area contributed by atoms with Gasteiger partial charge in [-0.1, -0.05) is 17.7 Å². The van der Waals surface area contributed by atoms with Crippen molar-refractivity contribution in [1.82, 2.24) is 5.48 Å². The van der Waals surface area contributed by atoms with Crippen molar-refractivity contribution in [2.45, 2.75) is 0 Å². The average Bonchev–Trinajstić information content (AvgIpc) is 2.01. The summed E-state index contributed by atoms with van der Waals surface area (Å²) in [6.07, 6.45) is 1.17. The number of hydroxylamine groups is 1. The fourth-order valence-electron chi connectivity index (χ4n) is 0.660. The second-order valence-electron chi connectivity index (χ2n) is 1.87. The van der Waals surface area contributed by atoms with Gasteiger partial charge in [-0.15, -0.1) is 0 Å². The average molecular weight is 171 g/mol. The highest BCUT2D eigenvalue weighted by atomic mass is 35.5. The quantitative estimate of drug-likeness (QED) is 0.405. The zero-order valence-corrected chi connectivity index (χ0v) is 6.42. The Hall–Kier alpha value is -1.06. The highest BCUT2D eigenvalue weighted by molar-refractivity contribution is 6.30. The van der Waals surface area contributed by atoms with Crippen LogP contribution in [0.5, 0.6) is 0 Å². The maximum atomic E-state index is 8.16. The number of nitrogens with zero attached hydrogens (tertiary/aromatic N) is 1. The molecule has 0 atom stereocenters. The Bertz CT molecular complexity index is 262. The highest BCUT2D eigenvalue weighted by Crippen LogP contribution is 2.16. The van der Waals surface area contributed by atoms with E-state index in [-0.39, 0.29) is 0 Å². The van der Waals surface area contributed by atoms with Gasteiger partial charge in [0.05, 0.1) is 5.69 Å². The zero-order chi connectivity index (χ0) is 8.10. The van der Waals surface area contributed by atoms with E-state index in [1.165, 1.54) is 6.34 Å². The van der Waals surface area contributed by atoms with Crippen LogP contribution in [0.2, 0.25) is 5.02 Å². The summed E-state index contributed by atoms with van der Waals surface area (Å²) in [4.78, 5) is 3.82. The molecule has 0 heterocycles. The number of halogens is 1. The zero-order valence-electron chi connectivity index (χ0n) is 5.66. The van der Waals surface area contributed by atoms with Crippen molar-refractivity contribution < 1.29 is 5.21 Å². The molecule has 0 spiro atoms. The van der Waals surface area contributed by atoms with Crippen molar-refractivity contribution in [3.63, 3.8) is 0 Å². The summed E-state index contributed by atoms with van der Waals surface area (Å²) in [5.74, 6) is 0. The van der Waals surface area contributed by atoms with Gasteiger partial charge in [0.2, 0.25) is 0 Å². The van der Waals surface area contributed by atoms with Crippen LogP contribution in [0.15, 0.2) is 29.3 Å². The first-order valence-corrected chi connectivity index (χ1v) is 3.38. The number of hydrogen-bond donors (Lipinski definition) is 2. The summed E-state index contributed by atoms with van der Waals surface area (Å²) < 4.78 is 0. The summed E-state index contributed by atoms with van der Waals surface area (Å²) in [6, 6.07) is 7.01. The van der Waals surface area contributed by atoms with E-state index in [0.29, 0.717) is 10.7 Å². The number of hydrogen-bond acceptors (Lipinski definition) is 2. The van der Waals surface area contributed by atoms with E-state index >= 15 is 0 Å². The van der Waals surface area contributed by atoms with E-state index in [0.717, 1.165) is 0 Å². The fourth-order valence-corrected chi connectivity index (χ4v) is 0.844. The van der Waals surface area contributed by atoms with Crippen molar-refractivity contribution in [1.29, 1.82) is 0 Å². The maximum absolute atomic E-state index is 8.16. The molecule has 3 nitrogen and oxygen atoms in total. The topological polar surface area (TPSA) is 44.6 Å². The molecule has 0 unspecified atom stereocenters. The van der Waals surface area contributed by atoms with E-state index in [4.69, 9.17) is 16.8 Å². The normalized spacial score (nSPS) is 10.4. The van der Waals surface area contributed by atoms with Crippen LogP contribution >= 0.6 is 11.6 Å². The molecule has 0 aliphatic rings. The van der Waals surface area contributed by atoms with Gasteiger partial charge in [-0.05, 0) is 18.2 Å². The van der Waals surface area contributed by atoms with E-state index in [1.54, 1.807) is 29.7 Å². The third-order valence-electron chi connectivity index (χ3n) is 1.08. The van der Waals surface area contributed by atoms with Crippen molar-refractivity contribution >= 4 is 23.6 Å². The number of rotatable bonds is 2. The van der Waals surface area contributed by atoms with E-state index < -0.39 is 0 Å². The predicted octanol–water partition coefficient (Wildman–Crippen LogP) is 1.98. The molecule has 0 aromatic heterocycles. The van der Waals surface area contributed by atoms with Crippen LogP contribution in [0.1, 0.15) is 0 Å². The molecule has 0 radical (unpaired) electrons. The third kappa shape index (κ3) is 2.57. The first-order chi connectivity index (χ1) is 5.33. The molecule has 0 amide bonds. The molecule has 1 rings (SSSR count). The van der Waals surface area contributed by atoms with Gasteiger partial charge in [0, 0.05) is 5.02 Å². The Labute approximate surface area is 69.3 Å². The van der Waals surface area contributed by atoms with Gasteiger partial charge in [0.1, 0.15) is 6.34 Å². The minimum atomic E-state index is 0.623. The van der Waals surface area contributed by atoms with Crippen LogP contribution in [0, 0.1) is 0 Å². The molecule has 4 heteroatoms. The molecule has 0 saturated heterocycles. The lowest BCUT2D eigenvalue weighted by Crippen LogP contribution is -2.00. The standard InChI is InChI=1S/C7H7ClN2O/c8-6-2-1-3-7(4-6)9-5-10-11/h1-5,11H,(H,9,10). The molecule has 1 aromatic carbocycles. The lowest BCUT2D eigenvalue weighted by molar-refractivity contribution is 0.240. The predicted molar refractivity (Wildman–Crippen MR) is 44.5 cm³/mol. The Morgan fingerprint density at radius 1 is 1.55 bits per heavy atom. The van der Waals surface area contributed by atoms with Gasteiger partial charge in [-0.2, -0.15) is 0 Å². The highest BCUT2D eigenvalue weighted by Gasteiger charge is 1.87. The summed E-state index contributed by atoms with van der Waals surface area (Å²) >= 11 is 5.67. The summed E-state index contributed by atoms with van der Waals surface area (Å²) in [6.45, 7) is 0. The Morgan fingerprint density at radius 3 is 3.00 bits per heavy atom. The third-order valence-corrected chi connectivity index (χ3v) is 1.31. The van der Waals surface area contributed by atoms with Gasteiger partial charge >= 0.3 is 0 Å². The van der Waals surface area contributed by atoms with Crippen LogP contribution in [-0.4, -0.2) is 11.5 Å². The van der Waals surface area contributed by atoms with Crippen LogP contribution < -0.4 is 5.48 Å². The number of benzene rings is 1. The summed E-state index contributed by atoms with van der Waals surface area (Å²) in [5.41, 5.74) is 2.49. The fraction of sp³-hybridized carbons (Fsp3) is 0. The van der Waals surface area contributed by atoms with Gasteiger partial charge in [-0.3, -0.25) is 10.7 Å². The largest absolute Gasteiger partial charge is 0.290 e. The minimum absolute atomic E-state index is 0.623. The molecule has 0 fully saturated rings. The lowest BCUT2D eigenvalue weighted by Gasteiger charge is -1.92. The van der Waals surface area contributed by atoms with Crippen molar-refractivity contribution in [3.05, 3.63) is 29.3 Å². The molecule has 58 valence electrons. The van der Waals surface area contributed by atoms with Gasteiger partial charge in [0.25, 0.3) is 0 Å².